The summed E-state index contributed by atoms with van der Waals surface area (Å²) in [7, 11) is 0. The van der Waals surface area contributed by atoms with Gasteiger partial charge in [0.05, 0.1) is 11.7 Å². The van der Waals surface area contributed by atoms with Crippen LogP contribution in [0.5, 0.6) is 0 Å². The summed E-state index contributed by atoms with van der Waals surface area (Å²) in [6, 6.07) is 7.54. The molecule has 0 fully saturated rings. The first-order valence-corrected chi connectivity index (χ1v) is 6.84. The van der Waals surface area contributed by atoms with Crippen LogP contribution in [0.4, 0.5) is 10.5 Å². The van der Waals surface area contributed by atoms with Crippen molar-refractivity contribution in [3.8, 4) is 0 Å². The van der Waals surface area contributed by atoms with Crippen LogP contribution in [0.2, 0.25) is 0 Å². The van der Waals surface area contributed by atoms with Crippen molar-refractivity contribution in [1.29, 1.82) is 0 Å². The summed E-state index contributed by atoms with van der Waals surface area (Å²) in [4.78, 5) is 31.8. The molecule has 1 aromatic carbocycles. The molecule has 8 nitrogen and oxygen atoms in total. The van der Waals surface area contributed by atoms with Gasteiger partial charge in [0, 0.05) is 6.54 Å². The normalized spacial score (nSPS) is 16.0. The Labute approximate surface area is 133 Å². The number of rotatable bonds is 0. The highest BCUT2D eigenvalue weighted by Crippen LogP contribution is 2.33. The number of para-hydroxylation sites is 1. The number of amides is 1. The molecule has 126 valence electrons. The zero-order valence-electron chi connectivity index (χ0n) is 13.1. The maximum Gasteiger partial charge on any atom is 0.414 e. The van der Waals surface area contributed by atoms with Crippen LogP contribution in [0.15, 0.2) is 24.3 Å². The molecule has 2 rings (SSSR count). The fourth-order valence-corrected chi connectivity index (χ4v) is 1.93. The monoisotopic (exact) mass is 324 g/mol. The third-order valence-electron chi connectivity index (χ3n) is 2.80. The van der Waals surface area contributed by atoms with Gasteiger partial charge in [-0.15, -0.1) is 0 Å². The van der Waals surface area contributed by atoms with E-state index in [1.807, 2.05) is 45.0 Å². The van der Waals surface area contributed by atoms with Gasteiger partial charge in [-0.25, -0.2) is 14.4 Å². The van der Waals surface area contributed by atoms with E-state index in [4.69, 9.17) is 30.3 Å². The van der Waals surface area contributed by atoms with E-state index in [1.165, 1.54) is 0 Å². The highest BCUT2D eigenvalue weighted by Gasteiger charge is 2.32. The zero-order chi connectivity index (χ0) is 17.8. The number of hydrogen-bond donors (Lipinski definition) is 3. The van der Waals surface area contributed by atoms with Crippen molar-refractivity contribution in [2.45, 2.75) is 32.4 Å². The molecular formula is C15H20N2O6. The van der Waals surface area contributed by atoms with Crippen LogP contribution in [0.1, 0.15) is 32.4 Å². The smallest absolute Gasteiger partial charge is 0.414 e. The Morgan fingerprint density at radius 1 is 1.17 bits per heavy atom. The Morgan fingerprint density at radius 2 is 1.70 bits per heavy atom. The van der Waals surface area contributed by atoms with Crippen LogP contribution in [0.25, 0.3) is 0 Å². The topological polar surface area (TPSA) is 130 Å². The van der Waals surface area contributed by atoms with Gasteiger partial charge < -0.3 is 20.7 Å². The van der Waals surface area contributed by atoms with Gasteiger partial charge >= 0.3 is 18.0 Å². The molecule has 0 aromatic heterocycles. The summed E-state index contributed by atoms with van der Waals surface area (Å²) in [5, 5.41) is 14.8. The molecule has 1 aliphatic heterocycles. The second kappa shape index (κ2) is 7.10. The molecule has 0 radical (unpaired) electrons. The highest BCUT2D eigenvalue weighted by molar-refractivity contribution is 6.27. The van der Waals surface area contributed by atoms with E-state index in [2.05, 4.69) is 0 Å². The van der Waals surface area contributed by atoms with Gasteiger partial charge in [0.25, 0.3) is 0 Å². The molecule has 0 bridgehead atoms. The molecule has 1 unspecified atom stereocenters. The molecule has 0 spiro atoms. The third kappa shape index (κ3) is 5.26. The lowest BCUT2D eigenvalue weighted by molar-refractivity contribution is -0.159. The summed E-state index contributed by atoms with van der Waals surface area (Å²) in [5.41, 5.74) is 7.36. The minimum absolute atomic E-state index is 0.126. The van der Waals surface area contributed by atoms with Crippen molar-refractivity contribution in [3.05, 3.63) is 29.8 Å². The van der Waals surface area contributed by atoms with Crippen LogP contribution in [0.3, 0.4) is 0 Å². The molecule has 23 heavy (non-hydrogen) atoms. The molecule has 1 heterocycles. The lowest BCUT2D eigenvalue weighted by Gasteiger charge is -2.24. The number of hydrogen-bond acceptors (Lipinski definition) is 5. The van der Waals surface area contributed by atoms with Crippen LogP contribution < -0.4 is 10.6 Å². The SMILES string of the molecule is CC(C)(C)OC(=O)N1CC(N)c2ccccc21.O=C(O)C(=O)O. The van der Waals surface area contributed by atoms with Crippen LogP contribution in [-0.2, 0) is 14.3 Å². The Balaban J connectivity index is 0.000000379. The molecule has 1 aliphatic rings. The van der Waals surface area contributed by atoms with E-state index in [0.29, 0.717) is 6.54 Å². The number of carbonyl (C=O) groups excluding carboxylic acids is 1. The number of nitrogens with two attached hydrogens (primary N) is 1. The van der Waals surface area contributed by atoms with Crippen LogP contribution >= 0.6 is 0 Å². The first-order valence-electron chi connectivity index (χ1n) is 6.84. The van der Waals surface area contributed by atoms with E-state index in [0.717, 1.165) is 11.3 Å². The van der Waals surface area contributed by atoms with Gasteiger partial charge in [-0.05, 0) is 32.4 Å². The summed E-state index contributed by atoms with van der Waals surface area (Å²) >= 11 is 0. The molecule has 1 atom stereocenters. The summed E-state index contributed by atoms with van der Waals surface area (Å²) in [5.74, 6) is -3.65. The molecule has 8 heteroatoms. The largest absolute Gasteiger partial charge is 0.473 e. The van der Waals surface area contributed by atoms with E-state index in [9.17, 15) is 4.79 Å². The van der Waals surface area contributed by atoms with Crippen LogP contribution in [-0.4, -0.2) is 40.4 Å². The quantitative estimate of drug-likeness (QED) is 0.618. The Kier molecular flexibility index (Phi) is 5.69. The maximum atomic E-state index is 12.0. The Morgan fingerprint density at radius 3 is 2.17 bits per heavy atom. The second-order valence-corrected chi connectivity index (χ2v) is 5.87. The summed E-state index contributed by atoms with van der Waals surface area (Å²) in [6.45, 7) is 6.04. The number of ether oxygens (including phenoxy) is 1. The number of aliphatic carboxylic acids is 2. The Bertz CT molecular complexity index is 596. The molecule has 0 saturated heterocycles. The molecular weight excluding hydrogens is 304 g/mol. The zero-order valence-corrected chi connectivity index (χ0v) is 13.1. The van der Waals surface area contributed by atoms with E-state index >= 15 is 0 Å². The van der Waals surface area contributed by atoms with E-state index < -0.39 is 17.5 Å². The van der Waals surface area contributed by atoms with Gasteiger partial charge in [-0.1, -0.05) is 18.2 Å². The number of benzene rings is 1. The molecule has 0 saturated carbocycles. The highest BCUT2D eigenvalue weighted by atomic mass is 16.6. The van der Waals surface area contributed by atoms with Crippen molar-refractivity contribution in [1.82, 2.24) is 0 Å². The van der Waals surface area contributed by atoms with Gasteiger partial charge in [0.15, 0.2) is 0 Å². The second-order valence-electron chi connectivity index (χ2n) is 5.87. The minimum Gasteiger partial charge on any atom is -0.473 e. The van der Waals surface area contributed by atoms with E-state index in [-0.39, 0.29) is 12.1 Å². The van der Waals surface area contributed by atoms with Gasteiger partial charge in [-0.3, -0.25) is 4.90 Å². The molecule has 4 N–H and O–H groups in total. The lowest BCUT2D eigenvalue weighted by Crippen LogP contribution is -2.36. The third-order valence-corrected chi connectivity index (χ3v) is 2.80. The van der Waals surface area contributed by atoms with Gasteiger partial charge in [0.1, 0.15) is 5.60 Å². The van der Waals surface area contributed by atoms with Crippen LogP contribution in [0, 0.1) is 0 Å². The van der Waals surface area contributed by atoms with Crippen molar-refractivity contribution in [3.63, 3.8) is 0 Å². The molecule has 1 aromatic rings. The maximum absolute atomic E-state index is 12.0. The summed E-state index contributed by atoms with van der Waals surface area (Å²) in [6.07, 6.45) is -0.335. The fourth-order valence-electron chi connectivity index (χ4n) is 1.93. The van der Waals surface area contributed by atoms with Gasteiger partial charge in [0.2, 0.25) is 0 Å². The van der Waals surface area contributed by atoms with Crippen molar-refractivity contribution in [2.24, 2.45) is 5.73 Å². The standard InChI is InChI=1S/C13H18N2O2.C2H2O4/c1-13(2,3)17-12(16)15-8-10(14)9-6-4-5-7-11(9)15;3-1(4)2(5)6/h4-7,10H,8,14H2,1-3H3;(H,3,4)(H,5,6). The predicted octanol–water partition coefficient (Wildman–Crippen LogP) is 1.60. The number of carbonyl (C=O) groups is 3. The lowest BCUT2D eigenvalue weighted by atomic mass is 10.1. The van der Waals surface area contributed by atoms with E-state index in [1.54, 1.807) is 4.90 Å². The average Bonchev–Trinajstić information content (AvgIpc) is 2.76. The first kappa shape index (κ1) is 18.4. The average molecular weight is 324 g/mol. The number of fused-ring (bicyclic) bond motifs is 1. The minimum atomic E-state index is -1.82. The number of anilines is 1. The number of carboxylic acids is 2. The molecule has 0 aliphatic carbocycles. The van der Waals surface area contributed by atoms with Gasteiger partial charge in [-0.2, -0.15) is 0 Å². The fraction of sp³-hybridized carbons (Fsp3) is 0.400. The summed E-state index contributed by atoms with van der Waals surface area (Å²) < 4.78 is 5.36. The van der Waals surface area contributed by atoms with Crippen molar-refractivity contribution < 1.29 is 29.3 Å². The predicted molar refractivity (Wildman–Crippen MR) is 82.2 cm³/mol. The first-order chi connectivity index (χ1) is 10.5. The Hall–Kier alpha value is -2.61. The van der Waals surface area contributed by atoms with Crippen molar-refractivity contribution >= 4 is 23.7 Å². The molecule has 1 amide bonds. The van der Waals surface area contributed by atoms with Crippen molar-refractivity contribution in [2.75, 3.05) is 11.4 Å². The number of nitrogens with zero attached hydrogens (tertiary/aromatic N) is 1. The number of carboxylic acid groups (broad SMARTS) is 2.